The first kappa shape index (κ1) is 18.0. The Kier molecular flexibility index (Phi) is 5.22. The highest BCUT2D eigenvalue weighted by Crippen LogP contribution is 2.34. The molecule has 2 fully saturated rings. The molecule has 0 aromatic heterocycles. The number of carboxylic acids is 1. The average molecular weight is 356 g/mol. The number of hydrogen-bond donors (Lipinski definition) is 2. The van der Waals surface area contributed by atoms with Gasteiger partial charge in [0, 0.05) is 17.8 Å². The first-order valence-corrected chi connectivity index (χ1v) is 8.81. The van der Waals surface area contributed by atoms with Crippen LogP contribution in [0.1, 0.15) is 54.4 Å². The van der Waals surface area contributed by atoms with Crippen molar-refractivity contribution in [1.29, 1.82) is 0 Å². The molecule has 1 aromatic carbocycles. The highest BCUT2D eigenvalue weighted by Gasteiger charge is 2.34. The van der Waals surface area contributed by atoms with Crippen molar-refractivity contribution in [3.8, 4) is 0 Å². The van der Waals surface area contributed by atoms with Gasteiger partial charge in [-0.15, -0.1) is 0 Å². The molecule has 2 atom stereocenters. The summed E-state index contributed by atoms with van der Waals surface area (Å²) >= 11 is 0. The van der Waals surface area contributed by atoms with Crippen LogP contribution in [0.5, 0.6) is 0 Å². The maximum absolute atomic E-state index is 13.0. The van der Waals surface area contributed by atoms with E-state index in [2.05, 4.69) is 10.2 Å². The summed E-state index contributed by atoms with van der Waals surface area (Å²) in [7, 11) is 0. The van der Waals surface area contributed by atoms with Crippen LogP contribution < -0.4 is 5.32 Å². The van der Waals surface area contributed by atoms with E-state index in [0.717, 1.165) is 69.8 Å². The number of halogens is 3. The van der Waals surface area contributed by atoms with Crippen molar-refractivity contribution in [1.82, 2.24) is 4.90 Å². The number of benzene rings is 1. The highest BCUT2D eigenvalue weighted by molar-refractivity contribution is 5.94. The van der Waals surface area contributed by atoms with Crippen molar-refractivity contribution in [2.75, 3.05) is 18.4 Å². The van der Waals surface area contributed by atoms with Gasteiger partial charge in [0.05, 0.1) is 11.1 Å². The minimum absolute atomic E-state index is 0.0200. The standard InChI is InChI=1S/C18H23F3N2O2/c19-18(20,21)12-7-8-13(17(24)25)15(11-12)22-14-5-1-2-6-16(14)23-9-3-4-10-23/h7-8,11,14,16,22H,1-6,9-10H2,(H,24,25)/t14-,16+/m1/s1. The fourth-order valence-electron chi connectivity index (χ4n) is 4.02. The normalized spacial score (nSPS) is 25.1. The number of alkyl halides is 3. The van der Waals surface area contributed by atoms with Gasteiger partial charge < -0.3 is 10.4 Å². The number of nitrogens with one attached hydrogen (secondary N) is 1. The second-order valence-electron chi connectivity index (χ2n) is 6.91. The third kappa shape index (κ3) is 4.08. The molecule has 0 bridgehead atoms. The molecule has 2 aliphatic rings. The van der Waals surface area contributed by atoms with E-state index in [1.807, 2.05) is 0 Å². The fraction of sp³-hybridized carbons (Fsp3) is 0.611. The summed E-state index contributed by atoms with van der Waals surface area (Å²) in [6.07, 6.45) is 1.75. The molecule has 138 valence electrons. The molecular formula is C18H23F3N2O2. The van der Waals surface area contributed by atoms with Gasteiger partial charge in [-0.2, -0.15) is 13.2 Å². The molecule has 0 unspecified atom stereocenters. The maximum Gasteiger partial charge on any atom is 0.416 e. The van der Waals surface area contributed by atoms with Crippen LogP contribution in [-0.4, -0.2) is 41.1 Å². The summed E-state index contributed by atoms with van der Waals surface area (Å²) in [5, 5.41) is 12.5. The Morgan fingerprint density at radius 3 is 2.44 bits per heavy atom. The van der Waals surface area contributed by atoms with E-state index in [1.165, 1.54) is 0 Å². The number of hydrogen-bond acceptors (Lipinski definition) is 3. The van der Waals surface area contributed by atoms with E-state index in [0.29, 0.717) is 0 Å². The van der Waals surface area contributed by atoms with Crippen molar-refractivity contribution in [3.05, 3.63) is 29.3 Å². The maximum atomic E-state index is 13.0. The highest BCUT2D eigenvalue weighted by atomic mass is 19.4. The lowest BCUT2D eigenvalue weighted by molar-refractivity contribution is -0.137. The van der Waals surface area contributed by atoms with Crippen molar-refractivity contribution < 1.29 is 23.1 Å². The zero-order valence-corrected chi connectivity index (χ0v) is 14.0. The first-order valence-electron chi connectivity index (χ1n) is 8.81. The zero-order chi connectivity index (χ0) is 18.0. The van der Waals surface area contributed by atoms with Crippen molar-refractivity contribution in [3.63, 3.8) is 0 Å². The molecule has 25 heavy (non-hydrogen) atoms. The number of aromatic carboxylic acids is 1. The smallest absolute Gasteiger partial charge is 0.416 e. The van der Waals surface area contributed by atoms with Gasteiger partial charge in [-0.3, -0.25) is 4.90 Å². The lowest BCUT2D eigenvalue weighted by Crippen LogP contribution is -2.47. The Bertz CT molecular complexity index is 627. The molecule has 0 spiro atoms. The van der Waals surface area contributed by atoms with Gasteiger partial charge in [-0.05, 0) is 57.0 Å². The molecular weight excluding hydrogens is 333 g/mol. The number of nitrogens with zero attached hydrogens (tertiary/aromatic N) is 1. The lowest BCUT2D eigenvalue weighted by Gasteiger charge is -2.39. The van der Waals surface area contributed by atoms with Crippen LogP contribution in [0, 0.1) is 0 Å². The summed E-state index contributed by atoms with van der Waals surface area (Å²) in [6.45, 7) is 2.02. The number of rotatable bonds is 4. The SMILES string of the molecule is O=C(O)c1ccc(C(F)(F)F)cc1N[C@@H]1CCCC[C@@H]1N1CCCC1. The Hall–Kier alpha value is -1.76. The minimum Gasteiger partial charge on any atom is -0.478 e. The summed E-state index contributed by atoms with van der Waals surface area (Å²) < 4.78 is 39.1. The Balaban J connectivity index is 1.87. The topological polar surface area (TPSA) is 52.6 Å². The molecule has 7 heteroatoms. The third-order valence-electron chi connectivity index (χ3n) is 5.26. The van der Waals surface area contributed by atoms with Crippen molar-refractivity contribution in [2.45, 2.75) is 56.8 Å². The average Bonchev–Trinajstić information content (AvgIpc) is 3.08. The largest absolute Gasteiger partial charge is 0.478 e. The van der Waals surface area contributed by atoms with E-state index in [9.17, 15) is 23.1 Å². The van der Waals surface area contributed by atoms with E-state index < -0.39 is 17.7 Å². The summed E-state index contributed by atoms with van der Waals surface area (Å²) in [5.41, 5.74) is -0.870. The molecule has 1 aromatic rings. The zero-order valence-electron chi connectivity index (χ0n) is 14.0. The number of carboxylic acid groups (broad SMARTS) is 1. The second-order valence-corrected chi connectivity index (χ2v) is 6.91. The van der Waals surface area contributed by atoms with Crippen LogP contribution in [-0.2, 0) is 6.18 Å². The van der Waals surface area contributed by atoms with Crippen LogP contribution in [0.2, 0.25) is 0 Å². The summed E-state index contributed by atoms with van der Waals surface area (Å²) in [4.78, 5) is 13.8. The van der Waals surface area contributed by atoms with E-state index >= 15 is 0 Å². The molecule has 4 nitrogen and oxygen atoms in total. The van der Waals surface area contributed by atoms with Gasteiger partial charge in [0.25, 0.3) is 0 Å². The van der Waals surface area contributed by atoms with Crippen LogP contribution in [0.25, 0.3) is 0 Å². The van der Waals surface area contributed by atoms with Gasteiger partial charge in [0.15, 0.2) is 0 Å². The van der Waals surface area contributed by atoms with E-state index in [4.69, 9.17) is 0 Å². The molecule has 1 aliphatic heterocycles. The number of anilines is 1. The number of carbonyl (C=O) groups is 1. The third-order valence-corrected chi connectivity index (χ3v) is 5.26. The quantitative estimate of drug-likeness (QED) is 0.848. The fourth-order valence-corrected chi connectivity index (χ4v) is 4.02. The molecule has 0 radical (unpaired) electrons. The molecule has 1 saturated heterocycles. The Labute approximate surface area is 145 Å². The van der Waals surface area contributed by atoms with Crippen molar-refractivity contribution in [2.24, 2.45) is 0 Å². The molecule has 1 aliphatic carbocycles. The van der Waals surface area contributed by atoms with Gasteiger partial charge >= 0.3 is 12.1 Å². The lowest BCUT2D eigenvalue weighted by atomic mass is 9.88. The Morgan fingerprint density at radius 2 is 1.80 bits per heavy atom. The molecule has 1 saturated carbocycles. The van der Waals surface area contributed by atoms with Gasteiger partial charge in [0.2, 0.25) is 0 Å². The number of likely N-dealkylation sites (tertiary alicyclic amines) is 1. The van der Waals surface area contributed by atoms with Crippen LogP contribution in [0.15, 0.2) is 18.2 Å². The predicted octanol–water partition coefficient (Wildman–Crippen LogP) is 4.22. The van der Waals surface area contributed by atoms with Crippen LogP contribution in [0.4, 0.5) is 18.9 Å². The Morgan fingerprint density at radius 1 is 1.12 bits per heavy atom. The van der Waals surface area contributed by atoms with Gasteiger partial charge in [-0.1, -0.05) is 12.8 Å². The monoisotopic (exact) mass is 356 g/mol. The van der Waals surface area contributed by atoms with Gasteiger partial charge in [0.1, 0.15) is 0 Å². The molecule has 1 heterocycles. The van der Waals surface area contributed by atoms with E-state index in [1.54, 1.807) is 0 Å². The second kappa shape index (κ2) is 7.23. The predicted molar refractivity (Wildman–Crippen MR) is 88.9 cm³/mol. The minimum atomic E-state index is -4.49. The molecule has 0 amide bonds. The van der Waals surface area contributed by atoms with Crippen LogP contribution in [0.3, 0.4) is 0 Å². The van der Waals surface area contributed by atoms with Gasteiger partial charge in [-0.25, -0.2) is 4.79 Å². The first-order chi connectivity index (χ1) is 11.9. The molecule has 3 rings (SSSR count). The van der Waals surface area contributed by atoms with Crippen molar-refractivity contribution >= 4 is 11.7 Å². The van der Waals surface area contributed by atoms with E-state index in [-0.39, 0.29) is 23.3 Å². The van der Waals surface area contributed by atoms with Crippen LogP contribution >= 0.6 is 0 Å². The summed E-state index contributed by atoms with van der Waals surface area (Å²) in [6, 6.07) is 3.04. The summed E-state index contributed by atoms with van der Waals surface area (Å²) in [5.74, 6) is -1.22. The molecule has 2 N–H and O–H groups in total.